The fourth-order valence-electron chi connectivity index (χ4n) is 17.9. The average molecular weight is 1730 g/mol. The monoisotopic (exact) mass is 1730 g/mol. The third-order valence-electron chi connectivity index (χ3n) is 24.2. The average Bonchev–Trinajstić information content (AvgIpc) is 1.72. The fraction of sp³-hybridized carbons (Fsp3) is 0. The lowest BCUT2D eigenvalue weighted by molar-refractivity contribution is 1.28. The van der Waals surface area contributed by atoms with Crippen LogP contribution in [0.5, 0.6) is 0 Å². The van der Waals surface area contributed by atoms with Gasteiger partial charge in [0.1, 0.15) is 0 Å². The minimum atomic E-state index is 1.09. The van der Waals surface area contributed by atoms with Gasteiger partial charge in [0.2, 0.25) is 0 Å². The lowest BCUT2D eigenvalue weighted by Gasteiger charge is -2.28. The molecule has 3 N–H and O–H groups in total. The van der Waals surface area contributed by atoms with Crippen LogP contribution in [0.4, 0.5) is 85.3 Å². The molecule has 131 heavy (non-hydrogen) atoms. The molecule has 0 amide bonds. The third kappa shape index (κ3) is 17.1. The van der Waals surface area contributed by atoms with Gasteiger partial charge in [0.15, 0.2) is 0 Å². The molecule has 622 valence electrons. The Bertz CT molecular complexity index is 8160. The first kappa shape index (κ1) is 80.4. The van der Waals surface area contributed by atoms with Crippen LogP contribution in [-0.4, -0.2) is 0 Å². The number of nitrogens with zero attached hydrogens (tertiary/aromatic N) is 3. The number of thiophene rings is 3. The highest BCUT2D eigenvalue weighted by molar-refractivity contribution is 7.26. The van der Waals surface area contributed by atoms with Crippen molar-refractivity contribution in [3.63, 3.8) is 0 Å². The first-order chi connectivity index (χ1) is 64.9. The number of benzene rings is 21. The molecule has 24 rings (SSSR count). The molecular weight excluding hydrogens is 1650 g/mol. The number of nitrogens with one attached hydrogen (secondary N) is 3. The van der Waals surface area contributed by atoms with Crippen molar-refractivity contribution in [2.45, 2.75) is 0 Å². The summed E-state index contributed by atoms with van der Waals surface area (Å²) in [7, 11) is 0. The van der Waals surface area contributed by atoms with Crippen LogP contribution in [0, 0.1) is 0 Å². The third-order valence-corrected chi connectivity index (χ3v) is 27.6. The van der Waals surface area contributed by atoms with Gasteiger partial charge >= 0.3 is 0 Å². The van der Waals surface area contributed by atoms with E-state index in [2.05, 4.69) is 516 Å². The summed E-state index contributed by atoms with van der Waals surface area (Å²) < 4.78 is 7.75. The van der Waals surface area contributed by atoms with E-state index in [1.165, 1.54) is 127 Å². The van der Waals surface area contributed by atoms with E-state index in [1.807, 2.05) is 52.2 Å². The zero-order valence-corrected chi connectivity index (χ0v) is 73.9. The molecule has 0 fully saturated rings. The zero-order chi connectivity index (χ0) is 87.2. The molecule has 0 radical (unpaired) electrons. The van der Waals surface area contributed by atoms with Gasteiger partial charge in [0.25, 0.3) is 0 Å². The summed E-state index contributed by atoms with van der Waals surface area (Å²) in [6.07, 6.45) is 0. The standard InChI is InChI=1S/C46H32N2S.C40H28N2S.C36H26N2S/c1-4-13-32(14-5-1)39-26-27-44(41-22-11-10-21-40(39)41)48(37-18-8-3-9-19-37)38-20-12-15-33(29-38)34-23-28-45-43(30-34)42-25-24-36(31-46(42)49-45)47-35-16-6-2-7-17-35;1-3-13-32(14-4-1)41-33-20-22-37-38-26-31(19-23-39(38)43-40(37)27-33)30-12-9-17-35(25-30)42(34-15-5-2-6-16-34)36-21-18-28-10-7-8-11-29(28)24-36;1-4-12-28(13-5-1)37-29-20-21-33-34-24-27(19-22-35(34)39-36(33)25-29)26-11-10-18-32(23-26)38(30-14-6-2-7-15-30)31-16-8-3-9-17-31/h1-31,47H;1-27,41H;1-25,37H. The molecule has 21 aromatic carbocycles. The van der Waals surface area contributed by atoms with Crippen LogP contribution in [0.1, 0.15) is 0 Å². The Morgan fingerprint density at radius 2 is 0.450 bits per heavy atom. The van der Waals surface area contributed by atoms with Gasteiger partial charge in [-0.3, -0.25) is 0 Å². The number of anilines is 15. The molecule has 0 atom stereocenters. The van der Waals surface area contributed by atoms with Gasteiger partial charge in [0.05, 0.1) is 5.69 Å². The summed E-state index contributed by atoms with van der Waals surface area (Å²) in [6.45, 7) is 0. The second-order valence-electron chi connectivity index (χ2n) is 32.6. The highest BCUT2D eigenvalue weighted by atomic mass is 32.1. The van der Waals surface area contributed by atoms with Gasteiger partial charge in [-0.1, -0.05) is 291 Å². The second kappa shape index (κ2) is 36.5. The van der Waals surface area contributed by atoms with Crippen LogP contribution in [0.3, 0.4) is 0 Å². The number of hydrogen-bond donors (Lipinski definition) is 3. The first-order valence-corrected chi connectivity index (χ1v) is 46.7. The maximum absolute atomic E-state index is 3.55. The molecule has 0 aliphatic carbocycles. The Labute approximate surface area is 774 Å². The van der Waals surface area contributed by atoms with Crippen LogP contribution in [0.25, 0.3) is 127 Å². The van der Waals surface area contributed by atoms with Crippen LogP contribution in [0.15, 0.2) is 504 Å². The molecule has 9 heteroatoms. The van der Waals surface area contributed by atoms with Gasteiger partial charge in [-0.05, 0) is 273 Å². The molecule has 0 saturated heterocycles. The molecule has 24 aromatic rings. The Morgan fingerprint density at radius 1 is 0.145 bits per heavy atom. The predicted molar refractivity (Wildman–Crippen MR) is 568 cm³/mol. The fourth-order valence-corrected chi connectivity index (χ4v) is 21.3. The normalized spacial score (nSPS) is 11.2. The number of para-hydroxylation sites is 7. The Morgan fingerprint density at radius 3 is 0.855 bits per heavy atom. The molecule has 3 aromatic heterocycles. The van der Waals surface area contributed by atoms with Gasteiger partial charge in [0, 0.05) is 146 Å². The summed E-state index contributed by atoms with van der Waals surface area (Å²) >= 11 is 5.54. The van der Waals surface area contributed by atoms with E-state index < -0.39 is 0 Å². The van der Waals surface area contributed by atoms with Crippen molar-refractivity contribution in [1.82, 2.24) is 0 Å². The minimum absolute atomic E-state index is 1.09. The second-order valence-corrected chi connectivity index (χ2v) is 35.9. The number of fused-ring (bicyclic) bond motifs is 11. The highest BCUT2D eigenvalue weighted by Gasteiger charge is 2.22. The molecule has 0 aliphatic heterocycles. The molecule has 0 unspecified atom stereocenters. The minimum Gasteiger partial charge on any atom is -0.355 e. The van der Waals surface area contributed by atoms with E-state index in [1.54, 1.807) is 0 Å². The van der Waals surface area contributed by atoms with Crippen molar-refractivity contribution in [3.8, 4) is 44.5 Å². The van der Waals surface area contributed by atoms with Crippen molar-refractivity contribution in [2.75, 3.05) is 30.7 Å². The number of hydrogen-bond acceptors (Lipinski definition) is 9. The van der Waals surface area contributed by atoms with Crippen LogP contribution in [0.2, 0.25) is 0 Å². The van der Waals surface area contributed by atoms with Crippen molar-refractivity contribution in [1.29, 1.82) is 0 Å². The van der Waals surface area contributed by atoms with E-state index in [4.69, 9.17) is 0 Å². The van der Waals surface area contributed by atoms with Crippen molar-refractivity contribution < 1.29 is 0 Å². The largest absolute Gasteiger partial charge is 0.355 e. The van der Waals surface area contributed by atoms with Gasteiger partial charge in [-0.15, -0.1) is 34.0 Å². The molecule has 3 heterocycles. The molecule has 0 aliphatic rings. The summed E-state index contributed by atoms with van der Waals surface area (Å²) in [6, 6.07) is 180. The Kier molecular flexibility index (Phi) is 22.4. The predicted octanol–water partition coefficient (Wildman–Crippen LogP) is 36.8. The topological polar surface area (TPSA) is 45.8 Å². The molecule has 0 saturated carbocycles. The maximum atomic E-state index is 3.55. The van der Waals surface area contributed by atoms with Gasteiger partial charge in [-0.2, -0.15) is 0 Å². The van der Waals surface area contributed by atoms with Crippen LogP contribution in [-0.2, 0) is 0 Å². The first-order valence-electron chi connectivity index (χ1n) is 44.2. The van der Waals surface area contributed by atoms with Crippen molar-refractivity contribution in [2.24, 2.45) is 0 Å². The smallest absolute Gasteiger partial charge is 0.0540 e. The SMILES string of the molecule is c1ccc(Nc2ccc3c(c2)sc2ccc(-c4cccc(N(c5ccccc5)c5ccc(-c6ccccc6)c6ccccc56)c4)cc23)cc1.c1ccc(Nc2ccc3c(c2)sc2ccc(-c4cccc(N(c5ccccc5)c5ccc6ccccc6c5)c4)cc23)cc1.c1ccc(Nc2ccc3c(c2)sc2ccc(-c4cccc(N(c5ccccc5)c5ccccc5)c4)cc23)cc1. The van der Waals surface area contributed by atoms with E-state index in [0.29, 0.717) is 0 Å². The summed E-state index contributed by atoms with van der Waals surface area (Å²) in [5, 5.41) is 23.3. The zero-order valence-electron chi connectivity index (χ0n) is 71.5. The molecule has 0 spiro atoms. The lowest BCUT2D eigenvalue weighted by atomic mass is 9.96. The Hall–Kier alpha value is -16.4. The van der Waals surface area contributed by atoms with Gasteiger partial charge < -0.3 is 30.7 Å². The van der Waals surface area contributed by atoms with Crippen molar-refractivity contribution in [3.05, 3.63) is 504 Å². The molecule has 6 nitrogen and oxygen atoms in total. The quantitative estimate of drug-likeness (QED) is 0.0750. The number of rotatable bonds is 19. The summed E-state index contributed by atoms with van der Waals surface area (Å²) in [4.78, 5) is 7.04. The van der Waals surface area contributed by atoms with Crippen LogP contribution >= 0.6 is 34.0 Å². The van der Waals surface area contributed by atoms with E-state index in [0.717, 1.165) is 85.3 Å². The molecular formula is C122H86N6S3. The lowest BCUT2D eigenvalue weighted by Crippen LogP contribution is -2.10. The maximum Gasteiger partial charge on any atom is 0.0540 e. The summed E-state index contributed by atoms with van der Waals surface area (Å²) in [5.74, 6) is 0. The van der Waals surface area contributed by atoms with E-state index >= 15 is 0 Å². The van der Waals surface area contributed by atoms with Crippen LogP contribution < -0.4 is 30.7 Å². The van der Waals surface area contributed by atoms with E-state index in [9.17, 15) is 0 Å². The Balaban J connectivity index is 0.000000116. The summed E-state index contributed by atoms with van der Waals surface area (Å²) in [5.41, 5.74) is 26.5. The van der Waals surface area contributed by atoms with Crippen molar-refractivity contribution >= 4 is 201 Å². The van der Waals surface area contributed by atoms with Gasteiger partial charge in [-0.25, -0.2) is 0 Å². The van der Waals surface area contributed by atoms with E-state index in [-0.39, 0.29) is 0 Å². The highest BCUT2D eigenvalue weighted by Crippen LogP contribution is 2.48. The molecule has 0 bridgehead atoms.